The Morgan fingerprint density at radius 1 is 1.67 bits per heavy atom. The van der Waals surface area contributed by atoms with Gasteiger partial charge in [0.25, 0.3) is 0 Å². The minimum atomic E-state index is 0.273. The van der Waals surface area contributed by atoms with Crippen LogP contribution >= 0.6 is 15.9 Å². The topological polar surface area (TPSA) is 50.9 Å². The van der Waals surface area contributed by atoms with Crippen LogP contribution in [0.25, 0.3) is 0 Å². The van der Waals surface area contributed by atoms with E-state index in [0.717, 1.165) is 28.3 Å². The molecule has 3 N–H and O–H groups in total. The highest BCUT2D eigenvalue weighted by Crippen LogP contribution is 2.31. The van der Waals surface area contributed by atoms with Crippen LogP contribution in [0.2, 0.25) is 0 Å². The zero-order chi connectivity index (χ0) is 10.8. The third kappa shape index (κ3) is 2.92. The van der Waals surface area contributed by atoms with Gasteiger partial charge in [-0.15, -0.1) is 0 Å². The molecule has 1 saturated carbocycles. The van der Waals surface area contributed by atoms with Crippen LogP contribution in [0.15, 0.2) is 16.7 Å². The summed E-state index contributed by atoms with van der Waals surface area (Å²) in [4.78, 5) is 4.32. The molecule has 0 spiro atoms. The van der Waals surface area contributed by atoms with Gasteiger partial charge in [-0.3, -0.25) is 0 Å². The normalized spacial score (nSPS) is 17.5. The molecule has 15 heavy (non-hydrogen) atoms. The average molecular weight is 270 g/mol. The molecule has 82 valence electrons. The first-order valence-corrected chi connectivity index (χ1v) is 6.07. The number of halogens is 1. The molecule has 2 rings (SSSR count). The first kappa shape index (κ1) is 10.9. The van der Waals surface area contributed by atoms with Crippen LogP contribution in [-0.4, -0.2) is 17.6 Å². The predicted molar refractivity (Wildman–Crippen MR) is 65.9 cm³/mol. The van der Waals surface area contributed by atoms with Gasteiger partial charge in [-0.25, -0.2) is 4.98 Å². The van der Waals surface area contributed by atoms with Crippen molar-refractivity contribution < 1.29 is 0 Å². The molecule has 0 radical (unpaired) electrons. The summed E-state index contributed by atoms with van der Waals surface area (Å²) < 4.78 is 1.01. The average Bonchev–Trinajstić information content (AvgIpc) is 2.99. The molecule has 1 aromatic heterocycles. The minimum absolute atomic E-state index is 0.273. The molecule has 0 aromatic carbocycles. The quantitative estimate of drug-likeness (QED) is 0.882. The van der Waals surface area contributed by atoms with Crippen LogP contribution in [0, 0.1) is 12.8 Å². The molecule has 0 amide bonds. The van der Waals surface area contributed by atoms with Gasteiger partial charge in [-0.1, -0.05) is 0 Å². The van der Waals surface area contributed by atoms with E-state index in [2.05, 4.69) is 32.3 Å². The second-order valence-electron chi connectivity index (χ2n) is 4.20. The van der Waals surface area contributed by atoms with Crippen molar-refractivity contribution in [2.45, 2.75) is 25.8 Å². The zero-order valence-corrected chi connectivity index (χ0v) is 10.4. The molecule has 0 saturated heterocycles. The Morgan fingerprint density at radius 3 is 3.00 bits per heavy atom. The second kappa shape index (κ2) is 4.49. The lowest BCUT2D eigenvalue weighted by atomic mass is 10.2. The summed E-state index contributed by atoms with van der Waals surface area (Å²) in [7, 11) is 0. The molecule has 1 aliphatic carbocycles. The minimum Gasteiger partial charge on any atom is -0.368 e. The highest BCUT2D eigenvalue weighted by molar-refractivity contribution is 9.10. The number of nitrogens with one attached hydrogen (secondary N) is 1. The van der Waals surface area contributed by atoms with Crippen LogP contribution in [-0.2, 0) is 0 Å². The highest BCUT2D eigenvalue weighted by atomic mass is 79.9. The van der Waals surface area contributed by atoms with Crippen molar-refractivity contribution in [3.05, 3.63) is 22.3 Å². The van der Waals surface area contributed by atoms with Gasteiger partial charge in [0, 0.05) is 23.3 Å². The van der Waals surface area contributed by atoms with Gasteiger partial charge >= 0.3 is 0 Å². The second-order valence-corrected chi connectivity index (χ2v) is 5.12. The van der Waals surface area contributed by atoms with E-state index in [-0.39, 0.29) is 6.04 Å². The van der Waals surface area contributed by atoms with Gasteiger partial charge in [-0.2, -0.15) is 0 Å². The molecule has 3 nitrogen and oxygen atoms in total. The number of aromatic nitrogens is 1. The molecule has 0 bridgehead atoms. The maximum absolute atomic E-state index is 6.01. The van der Waals surface area contributed by atoms with Crippen LogP contribution in [0.4, 0.5) is 5.82 Å². The smallest absolute Gasteiger partial charge is 0.128 e. The van der Waals surface area contributed by atoms with Crippen LogP contribution in [0.5, 0.6) is 0 Å². The van der Waals surface area contributed by atoms with E-state index in [1.807, 2.05) is 6.92 Å². The van der Waals surface area contributed by atoms with Crippen molar-refractivity contribution in [1.82, 2.24) is 4.98 Å². The van der Waals surface area contributed by atoms with Gasteiger partial charge in [-0.05, 0) is 53.2 Å². The highest BCUT2D eigenvalue weighted by Gasteiger charge is 2.28. The van der Waals surface area contributed by atoms with Gasteiger partial charge in [0.2, 0.25) is 0 Å². The van der Waals surface area contributed by atoms with E-state index in [1.54, 1.807) is 6.20 Å². The number of hydrogen-bond acceptors (Lipinski definition) is 3. The number of nitrogens with two attached hydrogens (primary N) is 1. The maximum Gasteiger partial charge on any atom is 0.128 e. The van der Waals surface area contributed by atoms with Gasteiger partial charge in [0.1, 0.15) is 5.82 Å². The van der Waals surface area contributed by atoms with Crippen molar-refractivity contribution in [3.63, 3.8) is 0 Å². The third-order valence-corrected chi connectivity index (χ3v) is 3.21. The van der Waals surface area contributed by atoms with E-state index in [1.165, 1.54) is 12.8 Å². The number of pyridine rings is 1. The first-order chi connectivity index (χ1) is 7.16. The summed E-state index contributed by atoms with van der Waals surface area (Å²) >= 11 is 3.39. The Morgan fingerprint density at radius 2 is 2.40 bits per heavy atom. The van der Waals surface area contributed by atoms with Crippen LogP contribution in [0.1, 0.15) is 18.4 Å². The molecule has 1 aromatic rings. The Bertz CT molecular complexity index is 350. The Kier molecular flexibility index (Phi) is 3.26. The molecule has 1 heterocycles. The summed E-state index contributed by atoms with van der Waals surface area (Å²) in [5.41, 5.74) is 7.15. The van der Waals surface area contributed by atoms with Gasteiger partial charge in [0.05, 0.1) is 0 Å². The Hall–Kier alpha value is -0.610. The fourth-order valence-electron chi connectivity index (χ4n) is 1.63. The number of rotatable bonds is 4. The van der Waals surface area contributed by atoms with Crippen LogP contribution in [0.3, 0.4) is 0 Å². The fourth-order valence-corrected chi connectivity index (χ4v) is 2.08. The SMILES string of the molecule is Cc1cc(Br)cnc1NCC(N)C1CC1. The Labute approximate surface area is 98.6 Å². The lowest BCUT2D eigenvalue weighted by Crippen LogP contribution is -2.31. The molecule has 1 atom stereocenters. The third-order valence-electron chi connectivity index (χ3n) is 2.78. The van der Waals surface area contributed by atoms with Crippen molar-refractivity contribution in [2.75, 3.05) is 11.9 Å². The van der Waals surface area contributed by atoms with E-state index in [4.69, 9.17) is 5.73 Å². The standard InChI is InChI=1S/C11H16BrN3/c1-7-4-9(12)5-14-11(7)15-6-10(13)8-2-3-8/h4-5,8,10H,2-3,6,13H2,1H3,(H,14,15). The number of nitrogens with zero attached hydrogens (tertiary/aromatic N) is 1. The van der Waals surface area contributed by atoms with E-state index < -0.39 is 0 Å². The number of hydrogen-bond donors (Lipinski definition) is 2. The molecular weight excluding hydrogens is 254 g/mol. The molecule has 1 fully saturated rings. The molecular formula is C11H16BrN3. The van der Waals surface area contributed by atoms with Crippen LogP contribution < -0.4 is 11.1 Å². The first-order valence-electron chi connectivity index (χ1n) is 5.28. The summed E-state index contributed by atoms with van der Waals surface area (Å²) in [5.74, 6) is 1.67. The molecule has 0 aliphatic heterocycles. The molecule has 4 heteroatoms. The summed E-state index contributed by atoms with van der Waals surface area (Å²) in [6, 6.07) is 2.33. The van der Waals surface area contributed by atoms with Crippen molar-refractivity contribution in [3.8, 4) is 0 Å². The summed E-state index contributed by atoms with van der Waals surface area (Å²) in [6.07, 6.45) is 4.38. The fraction of sp³-hybridized carbons (Fsp3) is 0.545. The lowest BCUT2D eigenvalue weighted by molar-refractivity contribution is 0.620. The monoisotopic (exact) mass is 269 g/mol. The summed E-state index contributed by atoms with van der Waals surface area (Å²) in [5, 5.41) is 3.30. The Balaban J connectivity index is 1.92. The van der Waals surface area contributed by atoms with Gasteiger partial charge in [0.15, 0.2) is 0 Å². The van der Waals surface area contributed by atoms with Crippen molar-refractivity contribution in [2.24, 2.45) is 11.7 Å². The zero-order valence-electron chi connectivity index (χ0n) is 8.83. The summed E-state index contributed by atoms with van der Waals surface area (Å²) in [6.45, 7) is 2.86. The molecule has 1 unspecified atom stereocenters. The lowest BCUT2D eigenvalue weighted by Gasteiger charge is -2.13. The van der Waals surface area contributed by atoms with Crippen molar-refractivity contribution in [1.29, 1.82) is 0 Å². The van der Waals surface area contributed by atoms with Gasteiger partial charge < -0.3 is 11.1 Å². The van der Waals surface area contributed by atoms with E-state index in [0.29, 0.717) is 0 Å². The van der Waals surface area contributed by atoms with E-state index >= 15 is 0 Å². The maximum atomic E-state index is 6.01. The number of aryl methyl sites for hydroxylation is 1. The van der Waals surface area contributed by atoms with Crippen molar-refractivity contribution >= 4 is 21.7 Å². The largest absolute Gasteiger partial charge is 0.368 e. The number of anilines is 1. The molecule has 1 aliphatic rings. The van der Waals surface area contributed by atoms with E-state index in [9.17, 15) is 0 Å². The predicted octanol–water partition coefficient (Wildman–Crippen LogP) is 2.30.